The molecular formula is C15H14Br2ClN3. The lowest BCUT2D eigenvalue weighted by Gasteiger charge is -2.12. The van der Waals surface area contributed by atoms with Crippen molar-refractivity contribution in [3.05, 3.63) is 37.9 Å². The Kier molecular flexibility index (Phi) is 4.52. The Morgan fingerprint density at radius 1 is 1.29 bits per heavy atom. The Morgan fingerprint density at radius 2 is 2.05 bits per heavy atom. The molecule has 0 spiro atoms. The predicted molar refractivity (Wildman–Crippen MR) is 94.0 cm³/mol. The smallest absolute Gasteiger partial charge is 0.163 e. The molecule has 0 saturated heterocycles. The highest BCUT2D eigenvalue weighted by atomic mass is 79.9. The molecule has 0 bridgehead atoms. The standard InChI is InChI=1S/C15H14Br2ClN3/c1-2-19-15-12(17)13(8-3-4-8)20-14(21-15)10-6-5-9(16)7-11(10)18/h5-8H,2-4H2,1H3,(H,19,20,21). The van der Waals surface area contributed by atoms with E-state index in [9.17, 15) is 0 Å². The van der Waals surface area contributed by atoms with Gasteiger partial charge in [0.2, 0.25) is 0 Å². The van der Waals surface area contributed by atoms with E-state index in [1.54, 1.807) is 0 Å². The van der Waals surface area contributed by atoms with Crippen LogP contribution in [0.5, 0.6) is 0 Å². The van der Waals surface area contributed by atoms with E-state index in [-0.39, 0.29) is 0 Å². The Bertz CT molecular complexity index is 687. The largest absolute Gasteiger partial charge is 0.369 e. The minimum absolute atomic E-state index is 0.535. The van der Waals surface area contributed by atoms with E-state index in [1.165, 1.54) is 12.8 Å². The monoisotopic (exact) mass is 429 g/mol. The van der Waals surface area contributed by atoms with Gasteiger partial charge >= 0.3 is 0 Å². The van der Waals surface area contributed by atoms with E-state index in [0.717, 1.165) is 32.6 Å². The Morgan fingerprint density at radius 3 is 2.67 bits per heavy atom. The van der Waals surface area contributed by atoms with Gasteiger partial charge in [0.05, 0.1) is 15.2 Å². The van der Waals surface area contributed by atoms with Gasteiger partial charge in [0.1, 0.15) is 5.82 Å². The van der Waals surface area contributed by atoms with Crippen LogP contribution in [-0.4, -0.2) is 16.5 Å². The van der Waals surface area contributed by atoms with Crippen LogP contribution < -0.4 is 5.32 Å². The van der Waals surface area contributed by atoms with Gasteiger partial charge in [0.15, 0.2) is 5.82 Å². The molecule has 1 N–H and O–H groups in total. The summed E-state index contributed by atoms with van der Waals surface area (Å²) in [5, 5.41) is 3.94. The summed E-state index contributed by atoms with van der Waals surface area (Å²) >= 11 is 13.4. The van der Waals surface area contributed by atoms with Crippen molar-refractivity contribution in [2.75, 3.05) is 11.9 Å². The molecule has 0 atom stereocenters. The van der Waals surface area contributed by atoms with Crippen LogP contribution in [0, 0.1) is 0 Å². The zero-order valence-electron chi connectivity index (χ0n) is 11.5. The maximum Gasteiger partial charge on any atom is 0.163 e. The minimum Gasteiger partial charge on any atom is -0.369 e. The fraction of sp³-hybridized carbons (Fsp3) is 0.333. The summed E-state index contributed by atoms with van der Waals surface area (Å²) in [6, 6.07) is 5.77. The lowest BCUT2D eigenvalue weighted by molar-refractivity contribution is 0.974. The molecule has 1 aliphatic rings. The predicted octanol–water partition coefficient (Wildman–Crippen LogP) is 5.63. The van der Waals surface area contributed by atoms with Crippen molar-refractivity contribution >= 4 is 49.3 Å². The summed E-state index contributed by atoms with van der Waals surface area (Å²) in [5.41, 5.74) is 1.93. The molecule has 0 amide bonds. The third-order valence-electron chi connectivity index (χ3n) is 3.36. The lowest BCUT2D eigenvalue weighted by Crippen LogP contribution is -2.06. The van der Waals surface area contributed by atoms with E-state index >= 15 is 0 Å². The molecule has 110 valence electrons. The minimum atomic E-state index is 0.535. The molecule has 1 aromatic carbocycles. The first-order valence-corrected chi connectivity index (χ1v) is 8.83. The lowest BCUT2D eigenvalue weighted by atomic mass is 10.2. The number of anilines is 1. The first-order chi connectivity index (χ1) is 10.1. The summed E-state index contributed by atoms with van der Waals surface area (Å²) in [7, 11) is 0. The number of benzene rings is 1. The first-order valence-electron chi connectivity index (χ1n) is 6.87. The summed E-state index contributed by atoms with van der Waals surface area (Å²) in [6.07, 6.45) is 2.38. The molecule has 1 aromatic heterocycles. The van der Waals surface area contributed by atoms with Crippen LogP contribution in [0.4, 0.5) is 5.82 Å². The van der Waals surface area contributed by atoms with E-state index in [1.807, 2.05) is 18.2 Å². The van der Waals surface area contributed by atoms with Crippen LogP contribution in [-0.2, 0) is 0 Å². The second kappa shape index (κ2) is 6.23. The molecule has 1 aliphatic carbocycles. The Hall–Kier alpha value is -0.650. The quantitative estimate of drug-likeness (QED) is 0.682. The van der Waals surface area contributed by atoms with Crippen molar-refractivity contribution in [1.82, 2.24) is 9.97 Å². The molecule has 3 nitrogen and oxygen atoms in total. The second-order valence-corrected chi connectivity index (χ2v) is 7.14. The summed E-state index contributed by atoms with van der Waals surface area (Å²) in [5.74, 6) is 2.05. The van der Waals surface area contributed by atoms with Crippen molar-refractivity contribution in [3.8, 4) is 11.4 Å². The second-order valence-electron chi connectivity index (χ2n) is 5.02. The summed E-state index contributed by atoms with van der Waals surface area (Å²) in [4.78, 5) is 9.36. The number of nitrogens with zero attached hydrogens (tertiary/aromatic N) is 2. The number of hydrogen-bond donors (Lipinski definition) is 1. The van der Waals surface area contributed by atoms with Crippen LogP contribution >= 0.6 is 43.5 Å². The molecule has 2 aromatic rings. The van der Waals surface area contributed by atoms with Gasteiger partial charge in [-0.15, -0.1) is 0 Å². The first kappa shape index (κ1) is 15.3. The molecule has 3 rings (SSSR count). The topological polar surface area (TPSA) is 37.8 Å². The number of rotatable bonds is 4. The van der Waals surface area contributed by atoms with Crippen molar-refractivity contribution in [3.63, 3.8) is 0 Å². The highest BCUT2D eigenvalue weighted by Crippen LogP contribution is 2.44. The Balaban J connectivity index is 2.13. The normalized spacial score (nSPS) is 14.3. The number of hydrogen-bond acceptors (Lipinski definition) is 3. The molecular weight excluding hydrogens is 417 g/mol. The average molecular weight is 432 g/mol. The van der Waals surface area contributed by atoms with E-state index in [2.05, 4.69) is 49.1 Å². The highest BCUT2D eigenvalue weighted by molar-refractivity contribution is 9.11. The highest BCUT2D eigenvalue weighted by Gasteiger charge is 2.29. The summed E-state index contributed by atoms with van der Waals surface area (Å²) < 4.78 is 1.92. The third-order valence-corrected chi connectivity index (χ3v) is 4.94. The third kappa shape index (κ3) is 3.25. The average Bonchev–Trinajstić information content (AvgIpc) is 3.26. The zero-order valence-corrected chi connectivity index (χ0v) is 15.4. The van der Waals surface area contributed by atoms with Gasteiger partial charge in [0, 0.05) is 22.5 Å². The number of nitrogens with one attached hydrogen (secondary N) is 1. The summed E-state index contributed by atoms with van der Waals surface area (Å²) in [6.45, 7) is 2.87. The fourth-order valence-corrected chi connectivity index (χ4v) is 3.57. The van der Waals surface area contributed by atoms with Gasteiger partial charge in [0.25, 0.3) is 0 Å². The molecule has 21 heavy (non-hydrogen) atoms. The van der Waals surface area contributed by atoms with Gasteiger partial charge in [-0.2, -0.15) is 0 Å². The molecule has 1 fully saturated rings. The SMILES string of the molecule is CCNc1nc(-c2ccc(Br)cc2Cl)nc(C2CC2)c1Br. The van der Waals surface area contributed by atoms with Crippen molar-refractivity contribution < 1.29 is 0 Å². The molecule has 0 radical (unpaired) electrons. The molecule has 1 saturated carbocycles. The maximum atomic E-state index is 6.34. The van der Waals surface area contributed by atoms with Crippen molar-refractivity contribution in [2.45, 2.75) is 25.7 Å². The fourth-order valence-electron chi connectivity index (χ4n) is 2.17. The molecule has 0 aliphatic heterocycles. The Labute approximate surface area is 145 Å². The van der Waals surface area contributed by atoms with E-state index in [4.69, 9.17) is 16.6 Å². The molecule has 0 unspecified atom stereocenters. The maximum absolute atomic E-state index is 6.34. The van der Waals surface area contributed by atoms with E-state index in [0.29, 0.717) is 16.8 Å². The van der Waals surface area contributed by atoms with Crippen LogP contribution in [0.15, 0.2) is 27.1 Å². The molecule has 1 heterocycles. The van der Waals surface area contributed by atoms with Crippen molar-refractivity contribution in [2.24, 2.45) is 0 Å². The van der Waals surface area contributed by atoms with Gasteiger partial charge in [-0.1, -0.05) is 27.5 Å². The van der Waals surface area contributed by atoms with Gasteiger partial charge in [-0.05, 0) is 53.9 Å². The number of halogens is 3. The van der Waals surface area contributed by atoms with Gasteiger partial charge in [-0.25, -0.2) is 9.97 Å². The zero-order chi connectivity index (χ0) is 15.0. The molecule has 6 heteroatoms. The van der Waals surface area contributed by atoms with Crippen LogP contribution in [0.2, 0.25) is 5.02 Å². The van der Waals surface area contributed by atoms with Crippen molar-refractivity contribution in [1.29, 1.82) is 0 Å². The van der Waals surface area contributed by atoms with Gasteiger partial charge < -0.3 is 5.32 Å². The van der Waals surface area contributed by atoms with E-state index < -0.39 is 0 Å². The van der Waals surface area contributed by atoms with Crippen LogP contribution in [0.3, 0.4) is 0 Å². The van der Waals surface area contributed by atoms with Gasteiger partial charge in [-0.3, -0.25) is 0 Å². The van der Waals surface area contributed by atoms with Crippen LogP contribution in [0.25, 0.3) is 11.4 Å². The van der Waals surface area contributed by atoms with Crippen LogP contribution in [0.1, 0.15) is 31.4 Å². The number of aromatic nitrogens is 2.